The van der Waals surface area contributed by atoms with Crippen LogP contribution in [0.4, 0.5) is 0 Å². The standard InChI is InChI=1S/C11H13Cl2N3O2/c1-16(2)15-11(17)7-18-14-6-8-9(12)4-3-5-10(8)13/h3-6H,7H2,1-2H3,(H,15,17). The summed E-state index contributed by atoms with van der Waals surface area (Å²) >= 11 is 11.8. The third-order valence-electron chi connectivity index (χ3n) is 1.80. The Morgan fingerprint density at radius 1 is 1.44 bits per heavy atom. The Labute approximate surface area is 115 Å². The van der Waals surface area contributed by atoms with Crippen LogP contribution >= 0.6 is 23.2 Å². The van der Waals surface area contributed by atoms with Crippen molar-refractivity contribution in [1.29, 1.82) is 0 Å². The minimum atomic E-state index is -0.303. The number of hydrogen-bond acceptors (Lipinski definition) is 4. The van der Waals surface area contributed by atoms with Crippen molar-refractivity contribution in [2.24, 2.45) is 5.16 Å². The number of amides is 1. The van der Waals surface area contributed by atoms with Crippen LogP contribution in [0.5, 0.6) is 0 Å². The summed E-state index contributed by atoms with van der Waals surface area (Å²) in [4.78, 5) is 16.0. The summed E-state index contributed by atoms with van der Waals surface area (Å²) in [6, 6.07) is 5.11. The molecule has 1 aromatic rings. The fourth-order valence-electron chi connectivity index (χ4n) is 1.10. The van der Waals surface area contributed by atoms with Crippen LogP contribution in [0.15, 0.2) is 23.4 Å². The number of halogens is 2. The van der Waals surface area contributed by atoms with Crippen molar-refractivity contribution < 1.29 is 9.63 Å². The third-order valence-corrected chi connectivity index (χ3v) is 2.46. The molecule has 0 aliphatic heterocycles. The largest absolute Gasteiger partial charge is 0.386 e. The maximum atomic E-state index is 11.2. The van der Waals surface area contributed by atoms with Gasteiger partial charge in [-0.25, -0.2) is 5.01 Å². The lowest BCUT2D eigenvalue weighted by molar-refractivity contribution is -0.129. The van der Waals surface area contributed by atoms with E-state index in [0.717, 1.165) is 0 Å². The van der Waals surface area contributed by atoms with Gasteiger partial charge in [0, 0.05) is 19.7 Å². The molecule has 0 radical (unpaired) electrons. The molecule has 1 N–H and O–H groups in total. The van der Waals surface area contributed by atoms with Gasteiger partial charge in [0.15, 0.2) is 6.61 Å². The normalized spacial score (nSPS) is 10.9. The fraction of sp³-hybridized carbons (Fsp3) is 0.273. The first-order valence-electron chi connectivity index (χ1n) is 5.07. The van der Waals surface area contributed by atoms with Crippen molar-refractivity contribution >= 4 is 35.3 Å². The van der Waals surface area contributed by atoms with E-state index >= 15 is 0 Å². The average Bonchev–Trinajstić information content (AvgIpc) is 2.26. The summed E-state index contributed by atoms with van der Waals surface area (Å²) in [6.45, 7) is -0.184. The lowest BCUT2D eigenvalue weighted by Crippen LogP contribution is -2.38. The third kappa shape index (κ3) is 4.91. The van der Waals surface area contributed by atoms with Crippen LogP contribution in [0.3, 0.4) is 0 Å². The minimum Gasteiger partial charge on any atom is -0.386 e. The molecule has 7 heteroatoms. The van der Waals surface area contributed by atoms with Crippen molar-refractivity contribution in [3.05, 3.63) is 33.8 Å². The van der Waals surface area contributed by atoms with E-state index < -0.39 is 0 Å². The van der Waals surface area contributed by atoms with Crippen molar-refractivity contribution in [3.8, 4) is 0 Å². The highest BCUT2D eigenvalue weighted by Gasteiger charge is 2.03. The van der Waals surface area contributed by atoms with Gasteiger partial charge in [-0.1, -0.05) is 34.4 Å². The zero-order valence-corrected chi connectivity index (χ0v) is 11.5. The lowest BCUT2D eigenvalue weighted by Gasteiger charge is -2.10. The van der Waals surface area contributed by atoms with Gasteiger partial charge in [-0.05, 0) is 12.1 Å². The zero-order chi connectivity index (χ0) is 13.5. The highest BCUT2D eigenvalue weighted by atomic mass is 35.5. The Kier molecular flexibility index (Phi) is 5.91. The van der Waals surface area contributed by atoms with E-state index in [-0.39, 0.29) is 12.5 Å². The van der Waals surface area contributed by atoms with E-state index in [0.29, 0.717) is 15.6 Å². The van der Waals surface area contributed by atoms with E-state index in [1.807, 2.05) is 0 Å². The second kappa shape index (κ2) is 7.20. The molecular weight excluding hydrogens is 277 g/mol. The van der Waals surface area contributed by atoms with Gasteiger partial charge in [0.1, 0.15) is 0 Å². The summed E-state index contributed by atoms with van der Waals surface area (Å²) in [7, 11) is 3.40. The molecule has 1 aromatic carbocycles. The van der Waals surface area contributed by atoms with E-state index in [1.54, 1.807) is 32.3 Å². The molecule has 5 nitrogen and oxygen atoms in total. The molecule has 0 saturated carbocycles. The number of rotatable bonds is 5. The number of hydrogen-bond donors (Lipinski definition) is 1. The molecule has 0 saturated heterocycles. The molecule has 0 aliphatic carbocycles. The molecule has 0 bridgehead atoms. The number of nitrogens with one attached hydrogen (secondary N) is 1. The smallest absolute Gasteiger partial charge is 0.275 e. The van der Waals surface area contributed by atoms with Crippen LogP contribution < -0.4 is 5.43 Å². The maximum Gasteiger partial charge on any atom is 0.275 e. The van der Waals surface area contributed by atoms with Gasteiger partial charge in [-0.15, -0.1) is 0 Å². The number of oxime groups is 1. The first-order valence-corrected chi connectivity index (χ1v) is 5.82. The highest BCUT2D eigenvalue weighted by Crippen LogP contribution is 2.22. The number of benzene rings is 1. The van der Waals surface area contributed by atoms with Gasteiger partial charge in [0.05, 0.1) is 16.3 Å². The summed E-state index contributed by atoms with van der Waals surface area (Å²) in [5.74, 6) is -0.303. The molecule has 1 rings (SSSR count). The van der Waals surface area contributed by atoms with Gasteiger partial charge in [0.25, 0.3) is 5.91 Å². The van der Waals surface area contributed by atoms with Gasteiger partial charge in [-0.3, -0.25) is 10.2 Å². The van der Waals surface area contributed by atoms with Gasteiger partial charge in [0.2, 0.25) is 0 Å². The average molecular weight is 290 g/mol. The SMILES string of the molecule is CN(C)NC(=O)CON=Cc1c(Cl)cccc1Cl. The predicted octanol–water partition coefficient (Wildman–Crippen LogP) is 1.94. The quantitative estimate of drug-likeness (QED) is 0.666. The van der Waals surface area contributed by atoms with Crippen LogP contribution in [0, 0.1) is 0 Å². The Bertz CT molecular complexity index is 430. The minimum absolute atomic E-state index is 0.184. The first kappa shape index (κ1) is 14.8. The summed E-state index contributed by atoms with van der Waals surface area (Å²) in [5, 5.41) is 6.08. The topological polar surface area (TPSA) is 53.9 Å². The zero-order valence-electron chi connectivity index (χ0n) is 9.98. The van der Waals surface area contributed by atoms with Gasteiger partial charge >= 0.3 is 0 Å². The van der Waals surface area contributed by atoms with Crippen LogP contribution in [-0.2, 0) is 9.63 Å². The Morgan fingerprint density at radius 3 is 2.61 bits per heavy atom. The second-order valence-electron chi connectivity index (χ2n) is 3.57. The molecule has 0 heterocycles. The molecule has 1 amide bonds. The molecule has 0 atom stereocenters. The Balaban J connectivity index is 2.48. The molecule has 0 fully saturated rings. The van der Waals surface area contributed by atoms with E-state index in [2.05, 4.69) is 10.6 Å². The van der Waals surface area contributed by atoms with E-state index in [4.69, 9.17) is 28.0 Å². The summed E-state index contributed by atoms with van der Waals surface area (Å²) < 4.78 is 0. The number of carbonyl (C=O) groups excluding carboxylic acids is 1. The van der Waals surface area contributed by atoms with Gasteiger partial charge < -0.3 is 4.84 Å². The van der Waals surface area contributed by atoms with Crippen molar-refractivity contribution in [2.75, 3.05) is 20.7 Å². The molecule has 0 aliphatic rings. The van der Waals surface area contributed by atoms with E-state index in [9.17, 15) is 4.79 Å². The Hall–Kier alpha value is -1.30. The number of carbonyl (C=O) groups is 1. The number of hydrazine groups is 1. The first-order chi connectivity index (χ1) is 8.50. The monoisotopic (exact) mass is 289 g/mol. The molecule has 0 aromatic heterocycles. The van der Waals surface area contributed by atoms with Crippen LogP contribution in [0.1, 0.15) is 5.56 Å². The number of nitrogens with zero attached hydrogens (tertiary/aromatic N) is 2. The predicted molar refractivity (Wildman–Crippen MR) is 71.8 cm³/mol. The van der Waals surface area contributed by atoms with Crippen LogP contribution in [-0.4, -0.2) is 37.8 Å². The summed E-state index contributed by atoms with van der Waals surface area (Å²) in [5.41, 5.74) is 3.06. The van der Waals surface area contributed by atoms with Crippen molar-refractivity contribution in [2.45, 2.75) is 0 Å². The van der Waals surface area contributed by atoms with Gasteiger partial charge in [-0.2, -0.15) is 0 Å². The molecular formula is C11H13Cl2N3O2. The maximum absolute atomic E-state index is 11.2. The van der Waals surface area contributed by atoms with Crippen LogP contribution in [0.2, 0.25) is 10.0 Å². The Morgan fingerprint density at radius 2 is 2.06 bits per heavy atom. The molecule has 0 unspecified atom stereocenters. The van der Waals surface area contributed by atoms with E-state index in [1.165, 1.54) is 11.2 Å². The fourth-order valence-corrected chi connectivity index (χ4v) is 1.60. The highest BCUT2D eigenvalue weighted by molar-refractivity contribution is 6.38. The van der Waals surface area contributed by atoms with Crippen LogP contribution in [0.25, 0.3) is 0 Å². The van der Waals surface area contributed by atoms with Crippen molar-refractivity contribution in [3.63, 3.8) is 0 Å². The van der Waals surface area contributed by atoms with Crippen molar-refractivity contribution in [1.82, 2.24) is 10.4 Å². The lowest BCUT2D eigenvalue weighted by atomic mass is 10.2. The molecule has 0 spiro atoms. The second-order valence-corrected chi connectivity index (χ2v) is 4.39. The molecule has 18 heavy (non-hydrogen) atoms. The summed E-state index contributed by atoms with van der Waals surface area (Å²) in [6.07, 6.45) is 1.37. The molecule has 98 valence electrons.